The van der Waals surface area contributed by atoms with Crippen LogP contribution in [-0.4, -0.2) is 31.0 Å². The van der Waals surface area contributed by atoms with E-state index in [1.165, 1.54) is 7.11 Å². The van der Waals surface area contributed by atoms with Crippen LogP contribution in [-0.2, 0) is 9.53 Å². The Kier molecular flexibility index (Phi) is 4.84. The number of carbonyl (C=O) groups excluding carboxylic acids is 1. The quantitative estimate of drug-likeness (QED) is 0.585. The van der Waals surface area contributed by atoms with Gasteiger partial charge in [-0.25, -0.2) is 0 Å². The number of aliphatic hydroxyl groups excluding tert-OH is 1. The fourth-order valence-corrected chi connectivity index (χ4v) is 0.504. The van der Waals surface area contributed by atoms with E-state index in [9.17, 15) is 9.18 Å². The van der Waals surface area contributed by atoms with Crippen LogP contribution in [0.2, 0.25) is 0 Å². The molecular weight excluding hydrogens is 139 g/mol. The second-order valence-electron chi connectivity index (χ2n) is 1.91. The summed E-state index contributed by atoms with van der Waals surface area (Å²) in [6, 6.07) is 0. The fraction of sp³-hybridized carbons (Fsp3) is 0.833. The number of aliphatic hydroxyl groups is 1. The molecule has 0 spiro atoms. The van der Waals surface area contributed by atoms with E-state index in [4.69, 9.17) is 5.11 Å². The second-order valence-corrected chi connectivity index (χ2v) is 1.91. The fourth-order valence-electron chi connectivity index (χ4n) is 0.504. The summed E-state index contributed by atoms with van der Waals surface area (Å²) in [6.07, 6.45) is -1.03. The molecule has 0 fully saturated rings. The van der Waals surface area contributed by atoms with Crippen molar-refractivity contribution in [1.82, 2.24) is 0 Å². The molecule has 0 aromatic rings. The maximum absolute atomic E-state index is 11.5. The highest BCUT2D eigenvalue weighted by Gasteiger charge is 2.09. The summed E-state index contributed by atoms with van der Waals surface area (Å²) in [5.74, 6) is -0.513. The molecule has 0 aliphatic heterocycles. The van der Waals surface area contributed by atoms with E-state index in [1.54, 1.807) is 0 Å². The number of rotatable bonds is 4. The molecule has 0 saturated carbocycles. The maximum Gasteiger partial charge on any atom is 0.308 e. The number of hydrogen-bond donors (Lipinski definition) is 1. The predicted molar refractivity (Wildman–Crippen MR) is 33.2 cm³/mol. The Balaban J connectivity index is 3.37. The number of carbonyl (C=O) groups is 1. The highest BCUT2D eigenvalue weighted by atomic mass is 19.1. The van der Waals surface area contributed by atoms with E-state index in [0.717, 1.165) is 0 Å². The monoisotopic (exact) mass is 150 g/mol. The average Bonchev–Trinajstić information content (AvgIpc) is 1.88. The van der Waals surface area contributed by atoms with Gasteiger partial charge in [0.25, 0.3) is 0 Å². The van der Waals surface area contributed by atoms with E-state index in [0.29, 0.717) is 0 Å². The highest BCUT2D eigenvalue weighted by molar-refractivity contribution is 5.69. The highest BCUT2D eigenvalue weighted by Crippen LogP contribution is 1.98. The van der Waals surface area contributed by atoms with Gasteiger partial charge in [0.05, 0.1) is 26.3 Å². The van der Waals surface area contributed by atoms with Crippen LogP contribution < -0.4 is 0 Å². The van der Waals surface area contributed by atoms with Gasteiger partial charge in [0.1, 0.15) is 0 Å². The Labute approximate surface area is 58.8 Å². The van der Waals surface area contributed by atoms with E-state index in [-0.39, 0.29) is 12.8 Å². The summed E-state index contributed by atoms with van der Waals surface area (Å²) in [5.41, 5.74) is 0. The molecule has 0 radical (unpaired) electrons. The summed E-state index contributed by atoms with van der Waals surface area (Å²) in [7, 11) is 1.23. The Morgan fingerprint density at radius 3 is 2.80 bits per heavy atom. The van der Waals surface area contributed by atoms with Crippen molar-refractivity contribution in [2.75, 3.05) is 13.8 Å². The summed E-state index contributed by atoms with van der Waals surface area (Å²) in [4.78, 5) is 10.4. The lowest BCUT2D eigenvalue weighted by Gasteiger charge is -2.04. The zero-order valence-corrected chi connectivity index (χ0v) is 5.84. The van der Waals surface area contributed by atoms with Crippen molar-refractivity contribution >= 4 is 5.97 Å². The van der Waals surface area contributed by atoms with Gasteiger partial charge in [-0.2, -0.15) is 0 Å². The minimum Gasteiger partial charge on any atom is -0.469 e. The van der Waals surface area contributed by atoms with Crippen molar-refractivity contribution in [3.05, 3.63) is 0 Å². The molecule has 0 saturated heterocycles. The molecule has 1 atom stereocenters. The number of hydrogen-bond acceptors (Lipinski definition) is 3. The van der Waals surface area contributed by atoms with Crippen LogP contribution in [0.3, 0.4) is 0 Å². The van der Waals surface area contributed by atoms with Gasteiger partial charge in [0, 0.05) is 6.42 Å². The lowest BCUT2D eigenvalue weighted by molar-refractivity contribution is -0.142. The molecule has 0 aromatic heterocycles. The van der Waals surface area contributed by atoms with Gasteiger partial charge >= 0.3 is 5.97 Å². The van der Waals surface area contributed by atoms with E-state index in [2.05, 4.69) is 4.74 Å². The van der Waals surface area contributed by atoms with Gasteiger partial charge in [0.15, 0.2) is 0 Å². The van der Waals surface area contributed by atoms with Crippen LogP contribution >= 0.6 is 0 Å². The van der Waals surface area contributed by atoms with Gasteiger partial charge in [-0.05, 0) is 0 Å². The zero-order valence-electron chi connectivity index (χ0n) is 5.84. The number of alkyl halides is 1. The first kappa shape index (κ1) is 9.36. The lowest BCUT2D eigenvalue weighted by Crippen LogP contribution is -2.14. The molecule has 1 N–H and O–H groups in total. The Morgan fingerprint density at radius 2 is 2.40 bits per heavy atom. The molecule has 0 bridgehead atoms. The summed E-state index contributed by atoms with van der Waals surface area (Å²) < 4.78 is 15.7. The largest absolute Gasteiger partial charge is 0.469 e. The predicted octanol–water partition coefficient (Wildman–Crippen LogP) is 0.270. The van der Waals surface area contributed by atoms with Crippen LogP contribution in [0, 0.1) is 0 Å². The number of ether oxygens (including phenoxy) is 1. The topological polar surface area (TPSA) is 46.5 Å². The number of esters is 1. The molecule has 60 valence electrons. The molecule has 3 nitrogen and oxygen atoms in total. The third-order valence-electron chi connectivity index (χ3n) is 1.07. The third-order valence-corrected chi connectivity index (χ3v) is 1.07. The first-order chi connectivity index (χ1) is 4.70. The maximum atomic E-state index is 11.5. The molecule has 0 aliphatic rings. The summed E-state index contributed by atoms with van der Waals surface area (Å²) >= 11 is 0. The van der Waals surface area contributed by atoms with Crippen molar-refractivity contribution in [3.63, 3.8) is 0 Å². The minimum absolute atomic E-state index is 0.00486. The smallest absolute Gasteiger partial charge is 0.308 e. The van der Waals surface area contributed by atoms with Crippen LogP contribution in [0.15, 0.2) is 0 Å². The molecule has 0 heterocycles. The van der Waals surface area contributed by atoms with Gasteiger partial charge in [-0.3, -0.25) is 9.18 Å². The zero-order chi connectivity index (χ0) is 7.98. The van der Waals surface area contributed by atoms with Crippen molar-refractivity contribution in [2.45, 2.75) is 18.9 Å². The number of halogens is 1. The average molecular weight is 150 g/mol. The third kappa shape index (κ3) is 4.26. The van der Waals surface area contributed by atoms with E-state index in [1.807, 2.05) is 0 Å². The Hall–Kier alpha value is -0.640. The molecule has 1 unspecified atom stereocenters. The van der Waals surface area contributed by atoms with Crippen LogP contribution in [0.4, 0.5) is 4.39 Å². The van der Waals surface area contributed by atoms with E-state index < -0.39 is 18.7 Å². The van der Waals surface area contributed by atoms with Gasteiger partial charge in [0.2, 0.25) is 0 Å². The normalized spacial score (nSPS) is 12.7. The molecule has 0 aliphatic carbocycles. The first-order valence-corrected chi connectivity index (χ1v) is 3.01. The summed E-state index contributed by atoms with van der Waals surface area (Å²) in [6.45, 7) is -0.613. The van der Waals surface area contributed by atoms with Crippen LogP contribution in [0.1, 0.15) is 12.8 Å². The minimum atomic E-state index is -0.905. The van der Waals surface area contributed by atoms with Crippen molar-refractivity contribution < 1.29 is 19.0 Å². The van der Waals surface area contributed by atoms with Crippen LogP contribution in [0.25, 0.3) is 0 Å². The Bertz CT molecular complexity index is 105. The Morgan fingerprint density at radius 1 is 1.80 bits per heavy atom. The van der Waals surface area contributed by atoms with Crippen molar-refractivity contribution in [2.24, 2.45) is 0 Å². The van der Waals surface area contributed by atoms with E-state index >= 15 is 0 Å². The van der Waals surface area contributed by atoms with Gasteiger partial charge in [-0.1, -0.05) is 0 Å². The molecule has 0 aromatic carbocycles. The molecular formula is C6H11FO3. The molecule has 10 heavy (non-hydrogen) atoms. The lowest BCUT2D eigenvalue weighted by atomic mass is 10.2. The van der Waals surface area contributed by atoms with Crippen molar-refractivity contribution in [1.29, 1.82) is 0 Å². The number of methoxy groups -OCH3 is 1. The molecule has 0 amide bonds. The van der Waals surface area contributed by atoms with Crippen molar-refractivity contribution in [3.8, 4) is 0 Å². The SMILES string of the molecule is COC(=O)CC(O)CCF. The molecule has 0 rings (SSSR count). The van der Waals surface area contributed by atoms with Gasteiger partial charge < -0.3 is 9.84 Å². The van der Waals surface area contributed by atoms with Gasteiger partial charge in [-0.15, -0.1) is 0 Å². The van der Waals surface area contributed by atoms with Crippen LogP contribution in [0.5, 0.6) is 0 Å². The first-order valence-electron chi connectivity index (χ1n) is 3.01. The second kappa shape index (κ2) is 5.17. The summed E-state index contributed by atoms with van der Waals surface area (Å²) in [5, 5.41) is 8.81. The standard InChI is InChI=1S/C6H11FO3/c1-10-6(9)4-5(8)2-3-7/h5,8H,2-4H2,1H3. The molecule has 4 heteroatoms.